The minimum atomic E-state index is 0.467. The van der Waals surface area contributed by atoms with Crippen LogP contribution in [0.4, 0.5) is 10.8 Å². The van der Waals surface area contributed by atoms with Crippen molar-refractivity contribution in [3.05, 3.63) is 34.3 Å². The minimum Gasteiger partial charge on any atom is -0.497 e. The summed E-state index contributed by atoms with van der Waals surface area (Å²) in [5, 5.41) is 11.0. The number of nitrogens with one attached hydrogen (secondary N) is 1. The lowest BCUT2D eigenvalue weighted by atomic mass is 10.3. The highest BCUT2D eigenvalue weighted by atomic mass is 35.5. The fourth-order valence-electron chi connectivity index (χ4n) is 2.29. The highest BCUT2D eigenvalue weighted by molar-refractivity contribution is 7.17. The van der Waals surface area contributed by atoms with Crippen molar-refractivity contribution in [2.24, 2.45) is 5.10 Å². The number of benzene rings is 1. The van der Waals surface area contributed by atoms with Crippen molar-refractivity contribution >= 4 is 40.0 Å². The van der Waals surface area contributed by atoms with E-state index < -0.39 is 0 Å². The molecule has 0 radical (unpaired) electrons. The Morgan fingerprint density at radius 1 is 1.25 bits per heavy atom. The summed E-state index contributed by atoms with van der Waals surface area (Å²) in [6.07, 6.45) is 1.80. The molecule has 1 fully saturated rings. The molecule has 128 valence electrons. The number of ether oxygens (including phenoxy) is 1. The summed E-state index contributed by atoms with van der Waals surface area (Å²) in [5.41, 5.74) is 0.934. The number of halogens is 1. The van der Waals surface area contributed by atoms with Crippen LogP contribution in [0.25, 0.3) is 0 Å². The van der Waals surface area contributed by atoms with Gasteiger partial charge in [-0.15, -0.1) is 0 Å². The van der Waals surface area contributed by atoms with Gasteiger partial charge in [0.1, 0.15) is 5.75 Å². The third-order valence-electron chi connectivity index (χ3n) is 3.77. The molecule has 6 nitrogen and oxygen atoms in total. The number of thiazole rings is 1. The van der Waals surface area contributed by atoms with E-state index in [0.29, 0.717) is 5.15 Å². The van der Waals surface area contributed by atoms with Crippen LogP contribution in [-0.4, -0.2) is 61.4 Å². The van der Waals surface area contributed by atoms with Crippen LogP contribution in [0.3, 0.4) is 0 Å². The predicted octanol–water partition coefficient (Wildman–Crippen LogP) is 3.13. The molecule has 1 saturated heterocycles. The Labute approximate surface area is 150 Å². The lowest BCUT2D eigenvalue weighted by Gasteiger charge is -2.30. The van der Waals surface area contributed by atoms with Gasteiger partial charge >= 0.3 is 0 Å². The predicted molar refractivity (Wildman–Crippen MR) is 100 cm³/mol. The Morgan fingerprint density at radius 2 is 1.96 bits per heavy atom. The van der Waals surface area contributed by atoms with E-state index in [9.17, 15) is 0 Å². The smallest absolute Gasteiger partial charge is 0.189 e. The summed E-state index contributed by atoms with van der Waals surface area (Å²) in [7, 11) is 3.77. The highest BCUT2D eigenvalue weighted by Gasteiger charge is 2.12. The standard InChI is InChI=1S/C16H20ClN5OS/c1-21-7-9-22(10-8-21)18-11-14-15(17)20-16(24-14)19-12-3-5-13(23-2)6-4-12/h3-6,11H,7-10H2,1-2H3,(H,19,20)/b18-11+. The normalized spacial score (nSPS) is 15.9. The molecule has 3 rings (SSSR count). The van der Waals surface area contributed by atoms with Gasteiger partial charge in [-0.05, 0) is 31.3 Å². The molecule has 2 heterocycles. The molecule has 0 bridgehead atoms. The molecular weight excluding hydrogens is 346 g/mol. The zero-order chi connectivity index (χ0) is 16.9. The van der Waals surface area contributed by atoms with Gasteiger partial charge in [0, 0.05) is 31.9 Å². The van der Waals surface area contributed by atoms with Gasteiger partial charge in [-0.25, -0.2) is 4.98 Å². The molecule has 1 aromatic carbocycles. The summed E-state index contributed by atoms with van der Waals surface area (Å²) in [4.78, 5) is 7.50. The van der Waals surface area contributed by atoms with Crippen molar-refractivity contribution in [1.82, 2.24) is 14.9 Å². The van der Waals surface area contributed by atoms with Crippen molar-refractivity contribution in [2.75, 3.05) is 45.7 Å². The summed E-state index contributed by atoms with van der Waals surface area (Å²) < 4.78 is 5.15. The van der Waals surface area contributed by atoms with E-state index in [1.165, 1.54) is 11.3 Å². The van der Waals surface area contributed by atoms with E-state index >= 15 is 0 Å². The van der Waals surface area contributed by atoms with Crippen LogP contribution in [0.2, 0.25) is 5.15 Å². The van der Waals surface area contributed by atoms with Gasteiger partial charge in [0.2, 0.25) is 0 Å². The van der Waals surface area contributed by atoms with E-state index in [2.05, 4.69) is 32.4 Å². The largest absolute Gasteiger partial charge is 0.497 e. The van der Waals surface area contributed by atoms with E-state index in [1.54, 1.807) is 13.3 Å². The molecule has 0 saturated carbocycles. The first kappa shape index (κ1) is 17.0. The SMILES string of the molecule is COc1ccc(Nc2nc(Cl)c(/C=N/N3CCN(C)CC3)s2)cc1. The highest BCUT2D eigenvalue weighted by Crippen LogP contribution is 2.28. The van der Waals surface area contributed by atoms with Crippen LogP contribution in [-0.2, 0) is 0 Å². The molecule has 1 N–H and O–H groups in total. The van der Waals surface area contributed by atoms with E-state index in [4.69, 9.17) is 16.3 Å². The van der Waals surface area contributed by atoms with Crippen LogP contribution < -0.4 is 10.1 Å². The number of nitrogens with zero attached hydrogens (tertiary/aromatic N) is 4. The number of hydrogen-bond acceptors (Lipinski definition) is 7. The fraction of sp³-hybridized carbons (Fsp3) is 0.375. The lowest BCUT2D eigenvalue weighted by molar-refractivity contribution is 0.159. The van der Waals surface area contributed by atoms with Crippen LogP contribution in [0.5, 0.6) is 5.75 Å². The van der Waals surface area contributed by atoms with Gasteiger partial charge in [0.05, 0.1) is 18.2 Å². The number of likely N-dealkylation sites (N-methyl/N-ethyl adjacent to an activating group) is 1. The first-order valence-electron chi connectivity index (χ1n) is 7.69. The van der Waals surface area contributed by atoms with Crippen molar-refractivity contribution in [2.45, 2.75) is 0 Å². The van der Waals surface area contributed by atoms with Crippen LogP contribution in [0.1, 0.15) is 4.88 Å². The van der Waals surface area contributed by atoms with Gasteiger partial charge in [0.15, 0.2) is 10.3 Å². The molecule has 1 aromatic heterocycles. The first-order chi connectivity index (χ1) is 11.6. The summed E-state index contributed by atoms with van der Waals surface area (Å²) in [6, 6.07) is 7.67. The van der Waals surface area contributed by atoms with Gasteiger partial charge in [-0.3, -0.25) is 5.01 Å². The number of hydrazone groups is 1. The molecule has 1 aliphatic heterocycles. The second-order valence-corrected chi connectivity index (χ2v) is 6.92. The second kappa shape index (κ2) is 7.83. The fourth-order valence-corrected chi connectivity index (χ4v) is 3.33. The molecule has 2 aromatic rings. The summed E-state index contributed by atoms with van der Waals surface area (Å²) >= 11 is 7.70. The molecule has 0 amide bonds. The third kappa shape index (κ3) is 4.37. The zero-order valence-electron chi connectivity index (χ0n) is 13.7. The topological polar surface area (TPSA) is 53.0 Å². The van der Waals surface area contributed by atoms with E-state index in [0.717, 1.165) is 47.6 Å². The van der Waals surface area contributed by atoms with E-state index in [-0.39, 0.29) is 0 Å². The van der Waals surface area contributed by atoms with Crippen molar-refractivity contribution in [3.8, 4) is 5.75 Å². The van der Waals surface area contributed by atoms with Crippen LogP contribution in [0.15, 0.2) is 29.4 Å². The molecule has 0 atom stereocenters. The number of hydrogen-bond donors (Lipinski definition) is 1. The van der Waals surface area contributed by atoms with Gasteiger partial charge in [-0.1, -0.05) is 22.9 Å². The van der Waals surface area contributed by atoms with Gasteiger partial charge in [0.25, 0.3) is 0 Å². The first-order valence-corrected chi connectivity index (χ1v) is 8.88. The number of anilines is 2. The van der Waals surface area contributed by atoms with Gasteiger partial charge in [-0.2, -0.15) is 5.10 Å². The zero-order valence-corrected chi connectivity index (χ0v) is 15.3. The maximum absolute atomic E-state index is 6.22. The number of rotatable bonds is 5. The monoisotopic (exact) mass is 365 g/mol. The molecule has 0 aliphatic carbocycles. The Balaban J connectivity index is 1.63. The maximum atomic E-state index is 6.22. The lowest BCUT2D eigenvalue weighted by Crippen LogP contribution is -2.41. The van der Waals surface area contributed by atoms with Crippen LogP contribution in [0, 0.1) is 0 Å². The quantitative estimate of drug-likeness (QED) is 0.825. The molecular formula is C16H20ClN5OS. The average Bonchev–Trinajstić information content (AvgIpc) is 2.94. The number of methoxy groups -OCH3 is 1. The third-order valence-corrected chi connectivity index (χ3v) is 5.07. The number of piperazine rings is 1. The molecule has 24 heavy (non-hydrogen) atoms. The second-order valence-electron chi connectivity index (χ2n) is 5.53. The Kier molecular flexibility index (Phi) is 5.55. The van der Waals surface area contributed by atoms with E-state index in [1.807, 2.05) is 24.3 Å². The molecule has 8 heteroatoms. The number of aromatic nitrogens is 1. The van der Waals surface area contributed by atoms with Crippen molar-refractivity contribution in [1.29, 1.82) is 0 Å². The minimum absolute atomic E-state index is 0.467. The Morgan fingerprint density at radius 3 is 2.62 bits per heavy atom. The summed E-state index contributed by atoms with van der Waals surface area (Å²) in [5.74, 6) is 0.817. The average molecular weight is 366 g/mol. The summed E-state index contributed by atoms with van der Waals surface area (Å²) in [6.45, 7) is 3.91. The van der Waals surface area contributed by atoms with Gasteiger partial charge < -0.3 is 15.0 Å². The Hall–Kier alpha value is -1.83. The maximum Gasteiger partial charge on any atom is 0.189 e. The molecule has 1 aliphatic rings. The van der Waals surface area contributed by atoms with Crippen LogP contribution >= 0.6 is 22.9 Å². The molecule has 0 spiro atoms. The Bertz CT molecular complexity index is 695. The van der Waals surface area contributed by atoms with Crippen molar-refractivity contribution < 1.29 is 4.74 Å². The van der Waals surface area contributed by atoms with Crippen molar-refractivity contribution in [3.63, 3.8) is 0 Å². The molecule has 0 unspecified atom stereocenters.